The first-order chi connectivity index (χ1) is 13.4. The van der Waals surface area contributed by atoms with E-state index in [1.54, 1.807) is 7.11 Å². The summed E-state index contributed by atoms with van der Waals surface area (Å²) in [6.07, 6.45) is 4.45. The van der Waals surface area contributed by atoms with Crippen molar-refractivity contribution in [3.8, 4) is 0 Å². The molecule has 1 N–H and O–H groups in total. The van der Waals surface area contributed by atoms with Crippen LogP contribution in [0.4, 0.5) is 0 Å². The van der Waals surface area contributed by atoms with E-state index < -0.39 is 0 Å². The van der Waals surface area contributed by atoms with Crippen LogP contribution in [0, 0.1) is 0 Å². The lowest BCUT2D eigenvalue weighted by molar-refractivity contribution is 0.00992. The summed E-state index contributed by atoms with van der Waals surface area (Å²) in [5.74, 6) is 1.00. The van der Waals surface area contributed by atoms with Crippen molar-refractivity contribution >= 4 is 29.9 Å². The molecule has 1 aliphatic rings. The third-order valence-corrected chi connectivity index (χ3v) is 5.32. The first-order valence-corrected chi connectivity index (χ1v) is 10.6. The van der Waals surface area contributed by atoms with Crippen molar-refractivity contribution in [1.82, 2.24) is 10.2 Å². The second-order valence-corrected chi connectivity index (χ2v) is 8.57. The number of halogens is 1. The molecule has 1 aliphatic heterocycles. The van der Waals surface area contributed by atoms with E-state index in [1.165, 1.54) is 11.1 Å². The van der Waals surface area contributed by atoms with Crippen LogP contribution in [0.15, 0.2) is 29.3 Å². The first kappa shape index (κ1) is 26.2. The maximum Gasteiger partial charge on any atom is 0.193 e. The van der Waals surface area contributed by atoms with E-state index in [0.717, 1.165) is 64.5 Å². The lowest BCUT2D eigenvalue weighted by Gasteiger charge is -2.34. The molecule has 0 spiro atoms. The number of guanidine groups is 1. The average molecular weight is 517 g/mol. The maximum atomic E-state index is 5.95. The highest BCUT2D eigenvalue weighted by molar-refractivity contribution is 14.0. The molecule has 1 fully saturated rings. The molecule has 0 unspecified atom stereocenters. The van der Waals surface area contributed by atoms with Crippen molar-refractivity contribution in [2.45, 2.75) is 58.0 Å². The number of ether oxygens (including phenoxy) is 2. The minimum atomic E-state index is 0. The number of aliphatic imine (C=N–C) groups is 1. The van der Waals surface area contributed by atoms with Gasteiger partial charge in [0, 0.05) is 47.0 Å². The van der Waals surface area contributed by atoms with E-state index in [0.29, 0.717) is 6.10 Å². The Morgan fingerprint density at radius 2 is 1.79 bits per heavy atom. The van der Waals surface area contributed by atoms with Gasteiger partial charge < -0.3 is 19.7 Å². The molecule has 6 heteroatoms. The predicted molar refractivity (Wildman–Crippen MR) is 133 cm³/mol. The Hall–Kier alpha value is -0.860. The zero-order valence-electron chi connectivity index (χ0n) is 18.9. The van der Waals surface area contributed by atoms with E-state index >= 15 is 0 Å². The Balaban J connectivity index is 0.00000420. The Morgan fingerprint density at radius 3 is 2.34 bits per heavy atom. The number of piperidine rings is 1. The normalized spacial score (nSPS) is 15.9. The lowest BCUT2D eigenvalue weighted by Crippen LogP contribution is -2.47. The van der Waals surface area contributed by atoms with Crippen molar-refractivity contribution in [1.29, 1.82) is 0 Å². The Bertz CT molecular complexity index is 591. The number of hydrogen-bond donors (Lipinski definition) is 1. The third kappa shape index (κ3) is 9.22. The van der Waals surface area contributed by atoms with E-state index in [2.05, 4.69) is 60.2 Å². The Morgan fingerprint density at radius 1 is 1.14 bits per heavy atom. The summed E-state index contributed by atoms with van der Waals surface area (Å²) in [5.41, 5.74) is 2.95. The van der Waals surface area contributed by atoms with Gasteiger partial charge in [0.1, 0.15) is 0 Å². The number of nitrogens with one attached hydrogen (secondary N) is 1. The molecule has 5 nitrogen and oxygen atoms in total. The number of rotatable bonds is 8. The fourth-order valence-electron chi connectivity index (χ4n) is 3.51. The number of methoxy groups -OCH3 is 1. The van der Waals surface area contributed by atoms with Gasteiger partial charge in [0.15, 0.2) is 5.96 Å². The number of likely N-dealkylation sites (tertiary alicyclic amines) is 1. The van der Waals surface area contributed by atoms with Crippen LogP contribution in [0.5, 0.6) is 0 Å². The Labute approximate surface area is 194 Å². The number of hydrogen-bond acceptors (Lipinski definition) is 3. The van der Waals surface area contributed by atoms with E-state index in [-0.39, 0.29) is 29.4 Å². The number of nitrogens with zero attached hydrogens (tertiary/aromatic N) is 2. The zero-order valence-corrected chi connectivity index (χ0v) is 21.2. The second-order valence-electron chi connectivity index (χ2n) is 8.57. The van der Waals surface area contributed by atoms with E-state index in [1.807, 2.05) is 7.05 Å². The molecule has 1 heterocycles. The van der Waals surface area contributed by atoms with Crippen LogP contribution < -0.4 is 5.32 Å². The second kappa shape index (κ2) is 13.4. The molecule has 0 atom stereocenters. The quantitative estimate of drug-likeness (QED) is 0.243. The molecule has 0 bridgehead atoms. The van der Waals surface area contributed by atoms with Crippen LogP contribution in [0.25, 0.3) is 0 Å². The standard InChI is InChI=1S/C23H39N3O2.HI/c1-23(2,3)20-9-7-19(8-10-20)11-14-25-22(24-4)26-15-12-21(13-16-26)28-18-6-17-27-5;/h7-10,21H,6,11-18H2,1-5H3,(H,24,25);1H. The van der Waals surface area contributed by atoms with Crippen molar-refractivity contribution in [2.24, 2.45) is 4.99 Å². The highest BCUT2D eigenvalue weighted by atomic mass is 127. The van der Waals surface area contributed by atoms with Crippen LogP contribution in [0.1, 0.15) is 51.2 Å². The van der Waals surface area contributed by atoms with Crippen molar-refractivity contribution < 1.29 is 9.47 Å². The fraction of sp³-hybridized carbons (Fsp3) is 0.696. The Kier molecular flexibility index (Phi) is 12.1. The summed E-state index contributed by atoms with van der Waals surface area (Å²) in [6, 6.07) is 9.00. The van der Waals surface area contributed by atoms with Gasteiger partial charge in [-0.2, -0.15) is 0 Å². The topological polar surface area (TPSA) is 46.1 Å². The van der Waals surface area contributed by atoms with E-state index in [9.17, 15) is 0 Å². The number of benzene rings is 1. The highest BCUT2D eigenvalue weighted by Gasteiger charge is 2.21. The SMILES string of the molecule is CN=C(NCCc1ccc(C(C)(C)C)cc1)N1CCC(OCCCOC)CC1.I. The molecule has 1 saturated heterocycles. The summed E-state index contributed by atoms with van der Waals surface area (Å²) in [6.45, 7) is 11.2. The van der Waals surface area contributed by atoms with Gasteiger partial charge in [-0.3, -0.25) is 4.99 Å². The van der Waals surface area contributed by atoms with E-state index in [4.69, 9.17) is 9.47 Å². The fourth-order valence-corrected chi connectivity index (χ4v) is 3.51. The molecule has 166 valence electrons. The van der Waals surface area contributed by atoms with Crippen molar-refractivity contribution in [3.05, 3.63) is 35.4 Å². The summed E-state index contributed by atoms with van der Waals surface area (Å²) in [5, 5.41) is 3.53. The monoisotopic (exact) mass is 517 g/mol. The summed E-state index contributed by atoms with van der Waals surface area (Å²) in [7, 11) is 3.60. The average Bonchev–Trinajstić information content (AvgIpc) is 2.69. The zero-order chi connectivity index (χ0) is 20.4. The van der Waals surface area contributed by atoms with Gasteiger partial charge in [-0.25, -0.2) is 0 Å². The van der Waals surface area contributed by atoms with Gasteiger partial charge in [0.25, 0.3) is 0 Å². The van der Waals surface area contributed by atoms with Crippen molar-refractivity contribution in [2.75, 3.05) is 47.0 Å². The maximum absolute atomic E-state index is 5.95. The molecule has 2 rings (SSSR count). The molecule has 0 saturated carbocycles. The highest BCUT2D eigenvalue weighted by Crippen LogP contribution is 2.22. The van der Waals surface area contributed by atoms with Crippen LogP contribution in [-0.2, 0) is 21.3 Å². The molecule has 29 heavy (non-hydrogen) atoms. The van der Waals surface area contributed by atoms with Gasteiger partial charge in [0.05, 0.1) is 6.10 Å². The van der Waals surface area contributed by atoms with Crippen LogP contribution >= 0.6 is 24.0 Å². The minimum absolute atomic E-state index is 0. The van der Waals surface area contributed by atoms with Gasteiger partial charge in [0.2, 0.25) is 0 Å². The predicted octanol–water partition coefficient (Wildman–Crippen LogP) is 4.24. The summed E-state index contributed by atoms with van der Waals surface area (Å²) in [4.78, 5) is 6.82. The van der Waals surface area contributed by atoms with Crippen LogP contribution in [0.3, 0.4) is 0 Å². The molecule has 0 amide bonds. The molecule has 0 aliphatic carbocycles. The molecule has 1 aromatic carbocycles. The van der Waals surface area contributed by atoms with Gasteiger partial charge >= 0.3 is 0 Å². The molecule has 1 aromatic rings. The van der Waals surface area contributed by atoms with Gasteiger partial charge in [-0.15, -0.1) is 24.0 Å². The van der Waals surface area contributed by atoms with Crippen LogP contribution in [0.2, 0.25) is 0 Å². The smallest absolute Gasteiger partial charge is 0.193 e. The third-order valence-electron chi connectivity index (χ3n) is 5.32. The molecular formula is C23H40IN3O2. The van der Waals surface area contributed by atoms with Gasteiger partial charge in [-0.05, 0) is 42.2 Å². The summed E-state index contributed by atoms with van der Waals surface area (Å²) < 4.78 is 11.0. The van der Waals surface area contributed by atoms with Crippen LogP contribution in [-0.4, -0.2) is 64.0 Å². The summed E-state index contributed by atoms with van der Waals surface area (Å²) >= 11 is 0. The minimum Gasteiger partial charge on any atom is -0.385 e. The van der Waals surface area contributed by atoms with Crippen molar-refractivity contribution in [3.63, 3.8) is 0 Å². The largest absolute Gasteiger partial charge is 0.385 e. The van der Waals surface area contributed by atoms with Gasteiger partial charge in [-0.1, -0.05) is 45.0 Å². The lowest BCUT2D eigenvalue weighted by atomic mass is 9.86. The first-order valence-electron chi connectivity index (χ1n) is 10.6. The molecular weight excluding hydrogens is 477 g/mol. The molecule has 0 radical (unpaired) electrons. The molecule has 0 aromatic heterocycles.